The Morgan fingerprint density at radius 1 is 1.50 bits per heavy atom. The first-order valence-corrected chi connectivity index (χ1v) is 6.38. The molecule has 1 N–H and O–H groups in total. The van der Waals surface area contributed by atoms with Crippen LogP contribution in [0.25, 0.3) is 0 Å². The van der Waals surface area contributed by atoms with Crippen molar-refractivity contribution in [3.63, 3.8) is 0 Å². The maximum atomic E-state index is 13.4. The molecule has 18 heavy (non-hydrogen) atoms. The lowest BCUT2D eigenvalue weighted by Gasteiger charge is -2.28. The summed E-state index contributed by atoms with van der Waals surface area (Å²) in [5.74, 6) is -2.60. The van der Waals surface area contributed by atoms with Gasteiger partial charge in [0.25, 0.3) is 12.4 Å². The molecule has 1 fully saturated rings. The quantitative estimate of drug-likeness (QED) is 0.529. The molecule has 0 aliphatic carbocycles. The van der Waals surface area contributed by atoms with Gasteiger partial charge in [0.05, 0.1) is 6.04 Å². The lowest BCUT2D eigenvalue weighted by Crippen LogP contribution is -2.41. The van der Waals surface area contributed by atoms with E-state index in [1.54, 1.807) is 0 Å². The molecule has 1 aliphatic rings. The third-order valence-electron chi connectivity index (χ3n) is 3.36. The van der Waals surface area contributed by atoms with Gasteiger partial charge in [-0.2, -0.15) is 0 Å². The predicted molar refractivity (Wildman–Crippen MR) is 64.7 cm³/mol. The van der Waals surface area contributed by atoms with Gasteiger partial charge < -0.3 is 10.1 Å². The van der Waals surface area contributed by atoms with Crippen LogP contribution >= 0.6 is 0 Å². The number of carbonyl (C=O) groups is 1. The fourth-order valence-corrected chi connectivity index (χ4v) is 2.19. The van der Waals surface area contributed by atoms with Crippen LogP contribution in [-0.4, -0.2) is 55.6 Å². The molecule has 106 valence electrons. The Kier molecular flexibility index (Phi) is 5.95. The Hall–Kier alpha value is -0.750. The molecule has 0 bridgehead atoms. The Morgan fingerprint density at radius 2 is 2.22 bits per heavy atom. The summed E-state index contributed by atoms with van der Waals surface area (Å²) in [5, 5.41) is 2.84. The van der Waals surface area contributed by atoms with Crippen molar-refractivity contribution < 1.29 is 18.3 Å². The van der Waals surface area contributed by atoms with Gasteiger partial charge in [0, 0.05) is 32.1 Å². The highest BCUT2D eigenvalue weighted by molar-refractivity contribution is 5.36. The highest BCUT2D eigenvalue weighted by Gasteiger charge is 2.43. The SMILES string of the molecule is CC(C)N(CCOC=O)CCC1NCCC1(F)F. The Balaban J connectivity index is 2.35. The number of hydrogen-bond acceptors (Lipinski definition) is 4. The van der Waals surface area contributed by atoms with Gasteiger partial charge in [-0.05, 0) is 20.3 Å². The number of alkyl halides is 2. The zero-order valence-electron chi connectivity index (χ0n) is 11.0. The summed E-state index contributed by atoms with van der Waals surface area (Å²) >= 11 is 0. The van der Waals surface area contributed by atoms with Gasteiger partial charge >= 0.3 is 0 Å². The van der Waals surface area contributed by atoms with E-state index in [1.165, 1.54) is 0 Å². The molecule has 0 amide bonds. The maximum absolute atomic E-state index is 13.4. The molecule has 0 aromatic carbocycles. The standard InChI is InChI=1S/C12H22F2N2O2/c1-10(2)16(7-8-18-9-17)6-3-11-12(13,14)4-5-15-11/h9-11,15H,3-8H2,1-2H3. The van der Waals surface area contributed by atoms with Crippen LogP contribution in [-0.2, 0) is 9.53 Å². The summed E-state index contributed by atoms with van der Waals surface area (Å²) in [6.07, 6.45) is 0.333. The van der Waals surface area contributed by atoms with Crippen molar-refractivity contribution in [2.24, 2.45) is 0 Å². The molecule has 1 saturated heterocycles. The van der Waals surface area contributed by atoms with Crippen LogP contribution in [0.5, 0.6) is 0 Å². The fourth-order valence-electron chi connectivity index (χ4n) is 2.19. The maximum Gasteiger partial charge on any atom is 0.293 e. The van der Waals surface area contributed by atoms with Crippen molar-refractivity contribution in [2.75, 3.05) is 26.2 Å². The number of rotatable bonds is 8. The summed E-state index contributed by atoms with van der Waals surface area (Å²) in [6.45, 7) is 6.25. The van der Waals surface area contributed by atoms with E-state index in [0.29, 0.717) is 39.1 Å². The second-order valence-corrected chi connectivity index (χ2v) is 4.90. The highest BCUT2D eigenvalue weighted by atomic mass is 19.3. The summed E-state index contributed by atoms with van der Waals surface area (Å²) in [4.78, 5) is 12.1. The topological polar surface area (TPSA) is 41.6 Å². The van der Waals surface area contributed by atoms with Crippen molar-refractivity contribution in [3.05, 3.63) is 0 Å². The van der Waals surface area contributed by atoms with Gasteiger partial charge in [-0.15, -0.1) is 0 Å². The van der Waals surface area contributed by atoms with Crippen LogP contribution in [0.3, 0.4) is 0 Å². The molecule has 1 aliphatic heterocycles. The summed E-state index contributed by atoms with van der Waals surface area (Å²) in [6, 6.07) is -0.485. The Morgan fingerprint density at radius 3 is 2.72 bits per heavy atom. The lowest BCUT2D eigenvalue weighted by molar-refractivity contribution is -0.129. The average molecular weight is 264 g/mol. The van der Waals surface area contributed by atoms with Gasteiger partial charge in [0.2, 0.25) is 0 Å². The number of hydrogen-bond donors (Lipinski definition) is 1. The zero-order valence-corrected chi connectivity index (χ0v) is 11.0. The summed E-state index contributed by atoms with van der Waals surface area (Å²) in [7, 11) is 0. The van der Waals surface area contributed by atoms with Crippen molar-refractivity contribution in [2.45, 2.75) is 44.7 Å². The van der Waals surface area contributed by atoms with Crippen LogP contribution in [0, 0.1) is 0 Å². The molecule has 6 heteroatoms. The van der Waals surface area contributed by atoms with Crippen molar-refractivity contribution >= 4 is 6.47 Å². The first kappa shape index (κ1) is 15.3. The summed E-state index contributed by atoms with van der Waals surface area (Å²) in [5.41, 5.74) is 0. The largest absolute Gasteiger partial charge is 0.467 e. The number of nitrogens with zero attached hydrogens (tertiary/aromatic N) is 1. The molecule has 1 unspecified atom stereocenters. The van der Waals surface area contributed by atoms with E-state index >= 15 is 0 Å². The third kappa shape index (κ3) is 4.49. The number of halogens is 2. The van der Waals surface area contributed by atoms with E-state index < -0.39 is 12.0 Å². The van der Waals surface area contributed by atoms with E-state index in [1.807, 2.05) is 18.7 Å². The minimum Gasteiger partial charge on any atom is -0.467 e. The van der Waals surface area contributed by atoms with Crippen molar-refractivity contribution in [1.82, 2.24) is 10.2 Å². The Bertz CT molecular complexity index is 262. The molecule has 0 aromatic heterocycles. The molecule has 0 aromatic rings. The van der Waals surface area contributed by atoms with E-state index in [-0.39, 0.29) is 12.5 Å². The van der Waals surface area contributed by atoms with Crippen LogP contribution in [0.15, 0.2) is 0 Å². The van der Waals surface area contributed by atoms with Crippen LogP contribution in [0.4, 0.5) is 8.78 Å². The molecule has 1 atom stereocenters. The van der Waals surface area contributed by atoms with E-state index in [0.717, 1.165) is 0 Å². The number of carbonyl (C=O) groups excluding carboxylic acids is 1. The average Bonchev–Trinajstić information content (AvgIpc) is 2.62. The highest BCUT2D eigenvalue weighted by Crippen LogP contribution is 2.29. The molecular weight excluding hydrogens is 242 g/mol. The van der Waals surface area contributed by atoms with E-state index in [9.17, 15) is 13.6 Å². The number of ether oxygens (including phenoxy) is 1. The van der Waals surface area contributed by atoms with Gasteiger partial charge in [-0.25, -0.2) is 8.78 Å². The van der Waals surface area contributed by atoms with Crippen molar-refractivity contribution in [1.29, 1.82) is 0 Å². The minimum absolute atomic E-state index is 0.0758. The fraction of sp³-hybridized carbons (Fsp3) is 0.917. The van der Waals surface area contributed by atoms with E-state index in [2.05, 4.69) is 10.1 Å². The van der Waals surface area contributed by atoms with Crippen LogP contribution in [0.1, 0.15) is 26.7 Å². The van der Waals surface area contributed by atoms with Gasteiger partial charge in [0.15, 0.2) is 0 Å². The third-order valence-corrected chi connectivity index (χ3v) is 3.36. The van der Waals surface area contributed by atoms with Gasteiger partial charge in [-0.3, -0.25) is 9.69 Å². The predicted octanol–water partition coefficient (Wildman–Crippen LogP) is 1.26. The summed E-state index contributed by atoms with van der Waals surface area (Å²) < 4.78 is 31.5. The molecular formula is C12H22F2N2O2. The normalized spacial score (nSPS) is 22.7. The first-order chi connectivity index (χ1) is 8.47. The van der Waals surface area contributed by atoms with Crippen molar-refractivity contribution in [3.8, 4) is 0 Å². The molecule has 1 rings (SSSR count). The molecule has 4 nitrogen and oxygen atoms in total. The lowest BCUT2D eigenvalue weighted by atomic mass is 10.1. The van der Waals surface area contributed by atoms with Crippen LogP contribution in [0.2, 0.25) is 0 Å². The van der Waals surface area contributed by atoms with Gasteiger partial charge in [-0.1, -0.05) is 0 Å². The van der Waals surface area contributed by atoms with Gasteiger partial charge in [0.1, 0.15) is 6.61 Å². The van der Waals surface area contributed by atoms with E-state index in [4.69, 9.17) is 0 Å². The molecule has 0 radical (unpaired) electrons. The Labute approximate surface area is 107 Å². The number of nitrogens with one attached hydrogen (secondary N) is 1. The van der Waals surface area contributed by atoms with Crippen LogP contribution < -0.4 is 5.32 Å². The molecule has 1 heterocycles. The first-order valence-electron chi connectivity index (χ1n) is 6.38. The zero-order chi connectivity index (χ0) is 13.6. The molecule has 0 saturated carbocycles. The smallest absolute Gasteiger partial charge is 0.293 e. The molecule has 0 spiro atoms. The second kappa shape index (κ2) is 6.99. The minimum atomic E-state index is -2.60. The monoisotopic (exact) mass is 264 g/mol. The second-order valence-electron chi connectivity index (χ2n) is 4.90.